The zero-order valence-electron chi connectivity index (χ0n) is 10.8. The van der Waals surface area contributed by atoms with Crippen LogP contribution < -0.4 is 5.32 Å². The molecule has 1 aromatic carbocycles. The van der Waals surface area contributed by atoms with Gasteiger partial charge in [0.05, 0.1) is 16.1 Å². The average Bonchev–Trinajstić information content (AvgIpc) is 2.77. The molecule has 102 valence electrons. The van der Waals surface area contributed by atoms with Gasteiger partial charge in [-0.25, -0.2) is 4.98 Å². The minimum Gasteiger partial charge on any atom is -0.357 e. The second kappa shape index (κ2) is 5.80. The first kappa shape index (κ1) is 14.2. The number of amides is 1. The van der Waals surface area contributed by atoms with Gasteiger partial charge >= 0.3 is 0 Å². The number of carbonyl (C=O) groups excluding carboxylic acids is 1. The number of hydrogen-bond donors (Lipinski definition) is 1. The van der Waals surface area contributed by atoms with E-state index in [1.165, 1.54) is 0 Å². The molecule has 2 rings (SSSR count). The first-order valence-corrected chi connectivity index (χ1v) is 6.94. The molecule has 0 aliphatic heterocycles. The van der Waals surface area contributed by atoms with Gasteiger partial charge in [0, 0.05) is 19.3 Å². The van der Waals surface area contributed by atoms with Gasteiger partial charge in [-0.05, 0) is 19.1 Å². The second-order valence-electron chi connectivity index (χ2n) is 4.23. The maximum absolute atomic E-state index is 11.9. The van der Waals surface area contributed by atoms with Crippen molar-refractivity contribution in [3.63, 3.8) is 0 Å². The Kier molecular flexibility index (Phi) is 4.32. The molecular formula is C13H15Cl2N3O. The lowest BCUT2D eigenvalue weighted by Gasteiger charge is -2.16. The molecule has 1 heterocycles. The predicted molar refractivity (Wildman–Crippen MR) is 77.9 cm³/mol. The number of benzene rings is 1. The van der Waals surface area contributed by atoms with Crippen LogP contribution in [0.25, 0.3) is 11.0 Å². The van der Waals surface area contributed by atoms with Gasteiger partial charge in [0.1, 0.15) is 11.9 Å². The number of carbonyl (C=O) groups is 1. The van der Waals surface area contributed by atoms with Gasteiger partial charge in [-0.2, -0.15) is 0 Å². The van der Waals surface area contributed by atoms with Crippen molar-refractivity contribution in [1.29, 1.82) is 0 Å². The van der Waals surface area contributed by atoms with Crippen molar-refractivity contribution in [1.82, 2.24) is 14.9 Å². The van der Waals surface area contributed by atoms with Crippen LogP contribution >= 0.6 is 23.2 Å². The first-order valence-electron chi connectivity index (χ1n) is 6.03. The number of fused-ring (bicyclic) bond motifs is 1. The topological polar surface area (TPSA) is 46.9 Å². The Morgan fingerprint density at radius 1 is 1.53 bits per heavy atom. The van der Waals surface area contributed by atoms with E-state index in [4.69, 9.17) is 23.2 Å². The molecule has 0 fully saturated rings. The van der Waals surface area contributed by atoms with Crippen LogP contribution in [0.1, 0.15) is 18.8 Å². The summed E-state index contributed by atoms with van der Waals surface area (Å²) in [6.45, 7) is 1.82. The Balaban J connectivity index is 2.66. The molecule has 2 aromatic rings. The van der Waals surface area contributed by atoms with Crippen LogP contribution in [0.5, 0.6) is 0 Å². The fraction of sp³-hybridized carbons (Fsp3) is 0.385. The Morgan fingerprint density at radius 2 is 2.26 bits per heavy atom. The quantitative estimate of drug-likeness (QED) is 0.883. The van der Waals surface area contributed by atoms with Gasteiger partial charge in [-0.1, -0.05) is 17.7 Å². The third kappa shape index (κ3) is 2.55. The molecule has 0 aliphatic rings. The van der Waals surface area contributed by atoms with E-state index >= 15 is 0 Å². The summed E-state index contributed by atoms with van der Waals surface area (Å²) in [5.41, 5.74) is 1.56. The summed E-state index contributed by atoms with van der Waals surface area (Å²) in [4.78, 5) is 16.4. The summed E-state index contributed by atoms with van der Waals surface area (Å²) >= 11 is 12.0. The number of nitrogens with zero attached hydrogens (tertiary/aromatic N) is 2. The van der Waals surface area contributed by atoms with E-state index in [0.29, 0.717) is 17.3 Å². The lowest BCUT2D eigenvalue weighted by molar-refractivity contribution is -0.123. The maximum Gasteiger partial charge on any atom is 0.242 e. The van der Waals surface area contributed by atoms with E-state index < -0.39 is 0 Å². The Hall–Kier alpha value is -1.26. The minimum absolute atomic E-state index is 0.0879. The first-order chi connectivity index (χ1) is 9.10. The Bertz CT molecular complexity index is 609. The van der Waals surface area contributed by atoms with Crippen LogP contribution in [0.15, 0.2) is 18.2 Å². The van der Waals surface area contributed by atoms with Gasteiger partial charge in [-0.15, -0.1) is 11.6 Å². The fourth-order valence-electron chi connectivity index (χ4n) is 2.16. The van der Waals surface area contributed by atoms with E-state index in [2.05, 4.69) is 10.3 Å². The summed E-state index contributed by atoms with van der Waals surface area (Å²) in [7, 11) is 1.61. The molecule has 0 bridgehead atoms. The van der Waals surface area contributed by atoms with Crippen LogP contribution in [0, 0.1) is 0 Å². The number of likely N-dealkylation sites (N-methyl/N-ethyl adjacent to an activating group) is 1. The van der Waals surface area contributed by atoms with Gasteiger partial charge in [-0.3, -0.25) is 4.79 Å². The van der Waals surface area contributed by atoms with Crippen molar-refractivity contribution < 1.29 is 4.79 Å². The highest BCUT2D eigenvalue weighted by atomic mass is 35.5. The number of aryl methyl sites for hydroxylation is 1. The molecule has 0 spiro atoms. The number of aromatic nitrogens is 2. The third-order valence-corrected chi connectivity index (χ3v) is 3.56. The standard InChI is InChI=1S/C13H15Cl2N3O/c1-8(13(19)16-2)18-11(6-7-14)17-10-5-3-4-9(15)12(10)18/h3-5,8H,6-7H2,1-2H3,(H,16,19). The molecular weight excluding hydrogens is 285 g/mol. The smallest absolute Gasteiger partial charge is 0.242 e. The summed E-state index contributed by atoms with van der Waals surface area (Å²) in [6, 6.07) is 5.14. The molecule has 0 saturated heterocycles. The molecule has 6 heteroatoms. The summed E-state index contributed by atoms with van der Waals surface area (Å²) in [5.74, 6) is 1.13. The monoisotopic (exact) mass is 299 g/mol. The van der Waals surface area contributed by atoms with Crippen LogP contribution in [-0.2, 0) is 11.2 Å². The third-order valence-electron chi connectivity index (χ3n) is 3.07. The molecule has 19 heavy (non-hydrogen) atoms. The minimum atomic E-state index is -0.381. The van der Waals surface area contributed by atoms with Crippen LogP contribution in [0.2, 0.25) is 5.02 Å². The molecule has 1 N–H and O–H groups in total. The zero-order valence-corrected chi connectivity index (χ0v) is 12.3. The normalized spacial score (nSPS) is 12.6. The zero-order chi connectivity index (χ0) is 14.0. The highest BCUT2D eigenvalue weighted by Gasteiger charge is 2.21. The Labute approximate surface area is 121 Å². The summed E-state index contributed by atoms with van der Waals surface area (Å²) in [6.07, 6.45) is 0.591. The number of alkyl halides is 1. The molecule has 0 radical (unpaired) electrons. The number of hydrogen-bond acceptors (Lipinski definition) is 2. The van der Waals surface area contributed by atoms with Crippen molar-refractivity contribution in [3.05, 3.63) is 29.0 Å². The van der Waals surface area contributed by atoms with E-state index in [9.17, 15) is 4.79 Å². The number of nitrogens with one attached hydrogen (secondary N) is 1. The van der Waals surface area contributed by atoms with Crippen LogP contribution in [0.4, 0.5) is 0 Å². The largest absolute Gasteiger partial charge is 0.357 e. The van der Waals surface area contributed by atoms with Crippen molar-refractivity contribution in [2.24, 2.45) is 0 Å². The highest BCUT2D eigenvalue weighted by molar-refractivity contribution is 6.35. The maximum atomic E-state index is 11.9. The summed E-state index contributed by atoms with van der Waals surface area (Å²) in [5, 5.41) is 3.23. The molecule has 1 unspecified atom stereocenters. The number of imidazole rings is 1. The highest BCUT2D eigenvalue weighted by Crippen LogP contribution is 2.28. The number of halogens is 2. The van der Waals surface area contributed by atoms with Crippen molar-refractivity contribution in [3.8, 4) is 0 Å². The molecule has 4 nitrogen and oxygen atoms in total. The van der Waals surface area contributed by atoms with Gasteiger partial charge in [0.15, 0.2) is 0 Å². The second-order valence-corrected chi connectivity index (χ2v) is 5.02. The van der Waals surface area contributed by atoms with E-state index in [1.807, 2.05) is 23.6 Å². The predicted octanol–water partition coefficient (Wildman–Crippen LogP) is 2.78. The van der Waals surface area contributed by atoms with Crippen molar-refractivity contribution >= 4 is 40.1 Å². The average molecular weight is 300 g/mol. The molecule has 0 aliphatic carbocycles. The van der Waals surface area contributed by atoms with Crippen LogP contribution in [0.3, 0.4) is 0 Å². The van der Waals surface area contributed by atoms with E-state index in [-0.39, 0.29) is 11.9 Å². The molecule has 1 aromatic heterocycles. The number of rotatable bonds is 4. The van der Waals surface area contributed by atoms with Gasteiger partial charge < -0.3 is 9.88 Å². The molecule has 1 atom stereocenters. The van der Waals surface area contributed by atoms with Crippen molar-refractivity contribution in [2.45, 2.75) is 19.4 Å². The van der Waals surface area contributed by atoms with Gasteiger partial charge in [0.2, 0.25) is 5.91 Å². The van der Waals surface area contributed by atoms with Crippen molar-refractivity contribution in [2.75, 3.05) is 12.9 Å². The number of para-hydroxylation sites is 1. The lowest BCUT2D eigenvalue weighted by Crippen LogP contribution is -2.28. The molecule has 1 amide bonds. The van der Waals surface area contributed by atoms with E-state index in [1.54, 1.807) is 13.1 Å². The van der Waals surface area contributed by atoms with Gasteiger partial charge in [0.25, 0.3) is 0 Å². The Morgan fingerprint density at radius 3 is 2.89 bits per heavy atom. The SMILES string of the molecule is CNC(=O)C(C)n1c(CCCl)nc2cccc(Cl)c21. The van der Waals surface area contributed by atoms with Crippen LogP contribution in [-0.4, -0.2) is 28.4 Å². The summed E-state index contributed by atoms with van der Waals surface area (Å²) < 4.78 is 1.86. The lowest BCUT2D eigenvalue weighted by atomic mass is 10.2. The van der Waals surface area contributed by atoms with E-state index in [0.717, 1.165) is 16.9 Å². The molecule has 0 saturated carbocycles. The fourth-order valence-corrected chi connectivity index (χ4v) is 2.59.